The van der Waals surface area contributed by atoms with Crippen molar-refractivity contribution in [2.45, 2.75) is 44.9 Å². The molecule has 4 atom stereocenters. The molecule has 0 spiro atoms. The van der Waals surface area contributed by atoms with Gasteiger partial charge in [0.2, 0.25) is 5.95 Å². The van der Waals surface area contributed by atoms with Crippen LogP contribution in [0.4, 0.5) is 11.8 Å². The van der Waals surface area contributed by atoms with Crippen molar-refractivity contribution in [2.75, 3.05) is 30.1 Å². The van der Waals surface area contributed by atoms with E-state index in [1.165, 1.54) is 10.9 Å². The van der Waals surface area contributed by atoms with E-state index in [1.807, 2.05) is 32.0 Å². The molecule has 15 heteroatoms. The van der Waals surface area contributed by atoms with Crippen molar-refractivity contribution in [1.29, 1.82) is 0 Å². The molecule has 3 aromatic rings. The average Bonchev–Trinajstić information content (AvgIpc) is 3.36. The normalized spacial score (nSPS) is 22.2. The summed E-state index contributed by atoms with van der Waals surface area (Å²) in [5.41, 5.74) is 1.29. The number of nitrogens with zero attached hydrogens (tertiary/aromatic N) is 4. The summed E-state index contributed by atoms with van der Waals surface area (Å²) >= 11 is 6.10. The Bertz CT molecular complexity index is 1270. The molecule has 0 amide bonds. The van der Waals surface area contributed by atoms with E-state index in [0.717, 1.165) is 5.56 Å². The van der Waals surface area contributed by atoms with Gasteiger partial charge in [-0.15, -0.1) is 0 Å². The molecule has 1 fully saturated rings. The van der Waals surface area contributed by atoms with E-state index in [-0.39, 0.29) is 6.61 Å². The Morgan fingerprint density at radius 1 is 1.22 bits per heavy atom. The molecule has 0 bridgehead atoms. The van der Waals surface area contributed by atoms with Gasteiger partial charge in [-0.1, -0.05) is 37.6 Å². The fourth-order valence-electron chi connectivity index (χ4n) is 3.81. The maximum Gasteiger partial charge on any atom is 0.350 e. The standard InChI is InChI=1S/C22H30ClN6O7P/c1-12(2)7-25-22-27-19(24-8-13-4-3-5-14(23)6-13)15-9-26-29(20(15)28-22)21-18(31)17(30)16(36-21)10-35-11-37(32,33)34/h3-6,9,12,16-18,21,30-31H,7-8,10-11H2,1-2H3,(H2,32,33,34)(H2,24,25,27,28)/t16-,17-,18-,21-/m1/s1. The first-order chi connectivity index (χ1) is 17.5. The average molecular weight is 557 g/mol. The fourth-order valence-corrected chi connectivity index (χ4v) is 4.37. The number of aromatic nitrogens is 4. The van der Waals surface area contributed by atoms with Gasteiger partial charge in [0.05, 0.1) is 18.2 Å². The van der Waals surface area contributed by atoms with Crippen molar-refractivity contribution in [3.63, 3.8) is 0 Å². The van der Waals surface area contributed by atoms with Crippen molar-refractivity contribution in [3.8, 4) is 0 Å². The molecule has 6 N–H and O–H groups in total. The monoisotopic (exact) mass is 556 g/mol. The number of nitrogens with one attached hydrogen (secondary N) is 2. The predicted octanol–water partition coefficient (Wildman–Crippen LogP) is 1.93. The minimum absolute atomic E-state index is 0.330. The summed E-state index contributed by atoms with van der Waals surface area (Å²) in [6.45, 7) is 4.82. The zero-order chi connectivity index (χ0) is 26.7. The van der Waals surface area contributed by atoms with E-state index < -0.39 is 38.5 Å². The van der Waals surface area contributed by atoms with Gasteiger partial charge in [-0.3, -0.25) is 4.57 Å². The zero-order valence-electron chi connectivity index (χ0n) is 20.2. The number of hydrogen-bond acceptors (Lipinski definition) is 10. The highest BCUT2D eigenvalue weighted by Gasteiger charge is 2.45. The van der Waals surface area contributed by atoms with E-state index in [0.29, 0.717) is 46.8 Å². The minimum Gasteiger partial charge on any atom is -0.387 e. The van der Waals surface area contributed by atoms with Crippen LogP contribution in [0.2, 0.25) is 5.02 Å². The third-order valence-electron chi connectivity index (χ3n) is 5.59. The number of rotatable bonds is 11. The smallest absolute Gasteiger partial charge is 0.350 e. The van der Waals surface area contributed by atoms with Crippen molar-refractivity contribution in [1.82, 2.24) is 19.7 Å². The van der Waals surface area contributed by atoms with Gasteiger partial charge in [0, 0.05) is 18.1 Å². The highest BCUT2D eigenvalue weighted by molar-refractivity contribution is 7.51. The van der Waals surface area contributed by atoms with Gasteiger partial charge in [-0.05, 0) is 23.6 Å². The Balaban J connectivity index is 1.61. The minimum atomic E-state index is -4.39. The summed E-state index contributed by atoms with van der Waals surface area (Å²) in [5.74, 6) is 1.17. The van der Waals surface area contributed by atoms with Gasteiger partial charge >= 0.3 is 7.60 Å². The van der Waals surface area contributed by atoms with Gasteiger partial charge in [0.25, 0.3) is 0 Å². The van der Waals surface area contributed by atoms with Crippen LogP contribution in [0.15, 0.2) is 30.5 Å². The van der Waals surface area contributed by atoms with E-state index in [4.69, 9.17) is 30.9 Å². The molecule has 202 valence electrons. The summed E-state index contributed by atoms with van der Waals surface area (Å²) in [7, 11) is -4.39. The molecule has 1 aromatic carbocycles. The van der Waals surface area contributed by atoms with Crippen LogP contribution >= 0.6 is 19.2 Å². The maximum absolute atomic E-state index is 11.0. The number of halogens is 1. The third kappa shape index (κ3) is 6.95. The highest BCUT2D eigenvalue weighted by Crippen LogP contribution is 2.36. The largest absolute Gasteiger partial charge is 0.387 e. The van der Waals surface area contributed by atoms with Crippen molar-refractivity contribution in [2.24, 2.45) is 5.92 Å². The number of aliphatic hydroxyl groups excluding tert-OH is 2. The first kappa shape index (κ1) is 27.7. The number of hydrogen-bond donors (Lipinski definition) is 6. The summed E-state index contributed by atoms with van der Waals surface area (Å²) < 4.78 is 23.1. The van der Waals surface area contributed by atoms with Crippen molar-refractivity contribution in [3.05, 3.63) is 41.0 Å². The molecule has 4 rings (SSSR count). The Morgan fingerprint density at radius 2 is 2.00 bits per heavy atom. The molecule has 1 aliphatic rings. The van der Waals surface area contributed by atoms with E-state index >= 15 is 0 Å². The lowest BCUT2D eigenvalue weighted by Crippen LogP contribution is -2.34. The van der Waals surface area contributed by atoms with Crippen LogP contribution in [0, 0.1) is 5.92 Å². The molecule has 2 aromatic heterocycles. The zero-order valence-corrected chi connectivity index (χ0v) is 21.9. The summed E-state index contributed by atoms with van der Waals surface area (Å²) in [5, 5.41) is 33.1. The lowest BCUT2D eigenvalue weighted by atomic mass is 10.1. The Morgan fingerprint density at radius 3 is 2.70 bits per heavy atom. The molecule has 0 radical (unpaired) electrons. The number of aliphatic hydroxyl groups is 2. The first-order valence-electron chi connectivity index (χ1n) is 11.6. The fraction of sp³-hybridized carbons (Fsp3) is 0.500. The SMILES string of the molecule is CC(C)CNc1nc(NCc2cccc(Cl)c2)c2cnn([C@@H]3O[C@H](COCP(=O)(O)O)[C@@H](O)[C@H]3O)c2n1. The second-order valence-electron chi connectivity index (χ2n) is 9.19. The lowest BCUT2D eigenvalue weighted by molar-refractivity contribution is -0.0658. The molecule has 1 saturated heterocycles. The van der Waals surface area contributed by atoms with Gasteiger partial charge in [0.1, 0.15) is 30.5 Å². The predicted molar refractivity (Wildman–Crippen MR) is 136 cm³/mol. The summed E-state index contributed by atoms with van der Waals surface area (Å²) in [6, 6.07) is 7.41. The molecule has 13 nitrogen and oxygen atoms in total. The molecular weight excluding hydrogens is 527 g/mol. The van der Waals surface area contributed by atoms with E-state index in [9.17, 15) is 14.8 Å². The van der Waals surface area contributed by atoms with Crippen molar-refractivity contribution < 1.29 is 34.0 Å². The molecule has 0 aliphatic carbocycles. The Hall–Kier alpha value is -2.35. The highest BCUT2D eigenvalue weighted by atomic mass is 35.5. The molecule has 0 saturated carbocycles. The second-order valence-corrected chi connectivity index (χ2v) is 11.2. The number of ether oxygens (including phenoxy) is 2. The molecule has 3 heterocycles. The van der Waals surface area contributed by atoms with E-state index in [1.54, 1.807) is 6.07 Å². The topological polar surface area (TPSA) is 184 Å². The summed E-state index contributed by atoms with van der Waals surface area (Å²) in [4.78, 5) is 27.1. The maximum atomic E-state index is 11.0. The van der Waals surface area contributed by atoms with Crippen LogP contribution in [0.1, 0.15) is 25.6 Å². The Labute approximate surface area is 217 Å². The van der Waals surface area contributed by atoms with Gasteiger partial charge in [0.15, 0.2) is 11.9 Å². The third-order valence-corrected chi connectivity index (χ3v) is 6.35. The Kier molecular flexibility index (Phi) is 8.66. The van der Waals surface area contributed by atoms with Gasteiger partial charge < -0.3 is 40.1 Å². The quantitative estimate of drug-likeness (QED) is 0.189. The van der Waals surface area contributed by atoms with Crippen molar-refractivity contribution >= 4 is 42.0 Å². The number of benzene rings is 1. The van der Waals surface area contributed by atoms with Gasteiger partial charge in [-0.2, -0.15) is 15.1 Å². The number of fused-ring (bicyclic) bond motifs is 1. The van der Waals surface area contributed by atoms with Crippen LogP contribution in [-0.2, 0) is 20.6 Å². The van der Waals surface area contributed by atoms with E-state index in [2.05, 4.69) is 25.7 Å². The molecular formula is C22H30ClN6O7P. The molecule has 37 heavy (non-hydrogen) atoms. The lowest BCUT2D eigenvalue weighted by Gasteiger charge is -2.17. The molecule has 1 aliphatic heterocycles. The molecule has 0 unspecified atom stereocenters. The van der Waals surface area contributed by atoms with Gasteiger partial charge in [-0.25, -0.2) is 4.68 Å². The van der Waals surface area contributed by atoms with Crippen LogP contribution in [0.25, 0.3) is 11.0 Å². The van der Waals surface area contributed by atoms with Crippen LogP contribution in [-0.4, -0.2) is 77.6 Å². The van der Waals surface area contributed by atoms with Crippen LogP contribution in [0.3, 0.4) is 0 Å². The second kappa shape index (κ2) is 11.6. The first-order valence-corrected chi connectivity index (χ1v) is 13.8. The van der Waals surface area contributed by atoms with Crippen LogP contribution < -0.4 is 10.6 Å². The summed E-state index contributed by atoms with van der Waals surface area (Å²) in [6.07, 6.45) is -4.22. The van der Waals surface area contributed by atoms with Crippen LogP contribution in [0.5, 0.6) is 0 Å². The number of anilines is 2.